The molecule has 5 nitrogen and oxygen atoms in total. The number of ether oxygens (including phenoxy) is 1. The Morgan fingerprint density at radius 2 is 1.85 bits per heavy atom. The van der Waals surface area contributed by atoms with E-state index < -0.39 is 10.9 Å². The first kappa shape index (κ1) is 14.8. The van der Waals surface area contributed by atoms with Gasteiger partial charge in [0.05, 0.1) is 15.9 Å². The van der Waals surface area contributed by atoms with Crippen LogP contribution >= 0.6 is 11.6 Å². The Morgan fingerprint density at radius 1 is 1.20 bits per heavy atom. The fourth-order valence-corrected chi connectivity index (χ4v) is 2.62. The van der Waals surface area contributed by atoms with Crippen LogP contribution < -0.4 is 0 Å². The van der Waals surface area contributed by atoms with Crippen LogP contribution in [0.4, 0.5) is 5.69 Å². The van der Waals surface area contributed by atoms with E-state index in [1.54, 1.807) is 0 Å². The third-order valence-electron chi connectivity index (χ3n) is 3.44. The number of halogens is 1. The summed E-state index contributed by atoms with van der Waals surface area (Å²) < 4.78 is 5.43. The number of alkyl halides is 1. The van der Waals surface area contributed by atoms with Gasteiger partial charge in [0.1, 0.15) is 6.10 Å². The Kier molecular flexibility index (Phi) is 4.95. The number of benzene rings is 1. The van der Waals surface area contributed by atoms with E-state index in [4.69, 9.17) is 16.3 Å². The van der Waals surface area contributed by atoms with Crippen molar-refractivity contribution in [3.63, 3.8) is 0 Å². The van der Waals surface area contributed by atoms with Crippen LogP contribution in [-0.4, -0.2) is 22.4 Å². The van der Waals surface area contributed by atoms with Gasteiger partial charge in [-0.25, -0.2) is 4.79 Å². The molecule has 0 radical (unpaired) electrons. The van der Waals surface area contributed by atoms with E-state index >= 15 is 0 Å². The zero-order valence-electron chi connectivity index (χ0n) is 11.0. The number of hydrogen-bond acceptors (Lipinski definition) is 4. The first-order valence-electron chi connectivity index (χ1n) is 6.67. The molecule has 0 amide bonds. The number of nitro groups is 1. The lowest BCUT2D eigenvalue weighted by Gasteiger charge is -2.20. The molecular formula is C14H16ClNO4. The second kappa shape index (κ2) is 6.70. The molecule has 0 spiro atoms. The summed E-state index contributed by atoms with van der Waals surface area (Å²) in [5.41, 5.74) is 0.259. The standard InChI is InChI=1S/C14H16ClNO4/c15-12-4-2-1-3-5-13(12)20-14(17)10-6-8-11(9-7-10)16(18)19/h6-9,12-13H,1-5H2/t12-,13-/m0/s1. The molecule has 1 fully saturated rings. The van der Waals surface area contributed by atoms with Crippen LogP contribution in [-0.2, 0) is 4.74 Å². The highest BCUT2D eigenvalue weighted by Crippen LogP contribution is 2.25. The molecule has 20 heavy (non-hydrogen) atoms. The van der Waals surface area contributed by atoms with E-state index in [9.17, 15) is 14.9 Å². The molecule has 0 aliphatic heterocycles. The highest BCUT2D eigenvalue weighted by atomic mass is 35.5. The van der Waals surface area contributed by atoms with Gasteiger partial charge in [0.25, 0.3) is 5.69 Å². The van der Waals surface area contributed by atoms with Gasteiger partial charge < -0.3 is 4.74 Å². The SMILES string of the molecule is O=C(O[C@H]1CCCCC[C@@H]1Cl)c1ccc([N+](=O)[O-])cc1. The number of carbonyl (C=O) groups excluding carboxylic acids is 1. The quantitative estimate of drug-likeness (QED) is 0.280. The summed E-state index contributed by atoms with van der Waals surface area (Å²) in [5.74, 6) is -0.475. The Morgan fingerprint density at radius 3 is 2.50 bits per heavy atom. The maximum atomic E-state index is 12.0. The van der Waals surface area contributed by atoms with Gasteiger partial charge in [0, 0.05) is 12.1 Å². The normalized spacial score (nSPS) is 22.9. The lowest BCUT2D eigenvalue weighted by molar-refractivity contribution is -0.384. The van der Waals surface area contributed by atoms with Crippen molar-refractivity contribution < 1.29 is 14.5 Å². The van der Waals surface area contributed by atoms with Gasteiger partial charge in [-0.2, -0.15) is 0 Å². The molecule has 1 aromatic carbocycles. The molecule has 0 saturated heterocycles. The van der Waals surface area contributed by atoms with E-state index in [2.05, 4.69) is 0 Å². The van der Waals surface area contributed by atoms with E-state index in [1.807, 2.05) is 0 Å². The van der Waals surface area contributed by atoms with Crippen LogP contribution in [0.5, 0.6) is 0 Å². The Bertz CT molecular complexity index is 488. The van der Waals surface area contributed by atoms with Crippen LogP contribution in [0.2, 0.25) is 0 Å². The molecule has 1 saturated carbocycles. The third kappa shape index (κ3) is 3.70. The molecule has 1 aliphatic carbocycles. The highest BCUT2D eigenvalue weighted by molar-refractivity contribution is 6.21. The van der Waals surface area contributed by atoms with Crippen molar-refractivity contribution in [1.29, 1.82) is 0 Å². The molecule has 1 aromatic rings. The molecule has 0 aromatic heterocycles. The molecule has 2 rings (SSSR count). The summed E-state index contributed by atoms with van der Waals surface area (Å²) in [6.45, 7) is 0. The van der Waals surface area contributed by atoms with Crippen molar-refractivity contribution in [1.82, 2.24) is 0 Å². The fraction of sp³-hybridized carbons (Fsp3) is 0.500. The number of esters is 1. The molecule has 0 bridgehead atoms. The Labute approximate surface area is 122 Å². The van der Waals surface area contributed by atoms with Crippen LogP contribution in [0, 0.1) is 10.1 Å². The van der Waals surface area contributed by atoms with E-state index in [1.165, 1.54) is 24.3 Å². The summed E-state index contributed by atoms with van der Waals surface area (Å²) in [4.78, 5) is 22.0. The molecule has 108 valence electrons. The number of non-ortho nitro benzene ring substituents is 1. The van der Waals surface area contributed by atoms with Crippen molar-refractivity contribution >= 4 is 23.3 Å². The summed E-state index contributed by atoms with van der Waals surface area (Å²) in [7, 11) is 0. The summed E-state index contributed by atoms with van der Waals surface area (Å²) in [6.07, 6.45) is 4.50. The molecule has 1 aliphatic rings. The number of nitrogens with zero attached hydrogens (tertiary/aromatic N) is 1. The predicted molar refractivity (Wildman–Crippen MR) is 75.0 cm³/mol. The number of hydrogen-bond donors (Lipinski definition) is 0. The van der Waals surface area contributed by atoms with Gasteiger partial charge in [-0.15, -0.1) is 11.6 Å². The first-order chi connectivity index (χ1) is 9.58. The smallest absolute Gasteiger partial charge is 0.338 e. The van der Waals surface area contributed by atoms with Crippen LogP contribution in [0.3, 0.4) is 0 Å². The number of carbonyl (C=O) groups is 1. The van der Waals surface area contributed by atoms with Crippen molar-refractivity contribution in [3.05, 3.63) is 39.9 Å². The molecule has 6 heteroatoms. The Hall–Kier alpha value is -1.62. The number of nitro benzene ring substituents is 1. The van der Waals surface area contributed by atoms with Crippen molar-refractivity contribution in [3.8, 4) is 0 Å². The van der Waals surface area contributed by atoms with E-state index in [0.29, 0.717) is 5.56 Å². The second-order valence-corrected chi connectivity index (χ2v) is 5.46. The molecule has 0 heterocycles. The van der Waals surface area contributed by atoms with Gasteiger partial charge in [0.2, 0.25) is 0 Å². The fourth-order valence-electron chi connectivity index (χ4n) is 2.29. The van der Waals surface area contributed by atoms with Gasteiger partial charge >= 0.3 is 5.97 Å². The van der Waals surface area contributed by atoms with E-state index in [-0.39, 0.29) is 17.2 Å². The average Bonchev–Trinajstić information content (AvgIpc) is 2.64. The minimum Gasteiger partial charge on any atom is -0.457 e. The lowest BCUT2D eigenvalue weighted by atomic mass is 10.1. The summed E-state index contributed by atoms with van der Waals surface area (Å²) >= 11 is 6.22. The van der Waals surface area contributed by atoms with Gasteiger partial charge in [-0.05, 0) is 31.4 Å². The van der Waals surface area contributed by atoms with Crippen molar-refractivity contribution in [2.75, 3.05) is 0 Å². The van der Waals surface area contributed by atoms with Crippen LogP contribution in [0.25, 0.3) is 0 Å². The number of rotatable bonds is 3. The molecule has 0 N–H and O–H groups in total. The minimum absolute atomic E-state index is 0.0498. The monoisotopic (exact) mass is 297 g/mol. The molecule has 2 atom stereocenters. The van der Waals surface area contributed by atoms with Gasteiger partial charge in [-0.3, -0.25) is 10.1 Å². The first-order valence-corrected chi connectivity index (χ1v) is 7.11. The van der Waals surface area contributed by atoms with Gasteiger partial charge in [0.15, 0.2) is 0 Å². The van der Waals surface area contributed by atoms with Crippen molar-refractivity contribution in [2.45, 2.75) is 43.6 Å². The largest absolute Gasteiger partial charge is 0.457 e. The van der Waals surface area contributed by atoms with Gasteiger partial charge in [-0.1, -0.05) is 12.8 Å². The third-order valence-corrected chi connectivity index (χ3v) is 3.94. The zero-order chi connectivity index (χ0) is 14.5. The highest BCUT2D eigenvalue weighted by Gasteiger charge is 2.25. The van der Waals surface area contributed by atoms with Crippen LogP contribution in [0.15, 0.2) is 24.3 Å². The topological polar surface area (TPSA) is 69.4 Å². The summed E-state index contributed by atoms with van der Waals surface area (Å²) in [5, 5.41) is 10.4. The zero-order valence-corrected chi connectivity index (χ0v) is 11.7. The molecular weight excluding hydrogens is 282 g/mol. The average molecular weight is 298 g/mol. The minimum atomic E-state index is -0.505. The maximum Gasteiger partial charge on any atom is 0.338 e. The van der Waals surface area contributed by atoms with E-state index in [0.717, 1.165) is 32.1 Å². The maximum absolute atomic E-state index is 12.0. The lowest BCUT2D eigenvalue weighted by Crippen LogP contribution is -2.26. The summed E-state index contributed by atoms with van der Waals surface area (Å²) in [6, 6.07) is 5.39. The second-order valence-electron chi connectivity index (χ2n) is 4.90. The van der Waals surface area contributed by atoms with Crippen LogP contribution in [0.1, 0.15) is 42.5 Å². The predicted octanol–water partition coefficient (Wildman–Crippen LogP) is 3.69. The molecule has 0 unspecified atom stereocenters. The Balaban J connectivity index is 2.01. The van der Waals surface area contributed by atoms with Crippen molar-refractivity contribution in [2.24, 2.45) is 0 Å².